The second-order valence-corrected chi connectivity index (χ2v) is 21.7. The van der Waals surface area contributed by atoms with Gasteiger partial charge in [-0.15, -0.1) is 0 Å². The number of hydrogen-bond donors (Lipinski definition) is 2. The van der Waals surface area contributed by atoms with Crippen molar-refractivity contribution < 1.29 is 0 Å². The Morgan fingerprint density at radius 3 is 1.36 bits per heavy atom. The highest BCUT2D eigenvalue weighted by Crippen LogP contribution is 2.41. The number of anilines is 2. The molecular formula is C22H38N3PSi2. The van der Waals surface area contributed by atoms with Crippen LogP contribution >= 0.6 is 8.07 Å². The van der Waals surface area contributed by atoms with Gasteiger partial charge in [0.15, 0.2) is 0 Å². The lowest BCUT2D eigenvalue weighted by molar-refractivity contribution is 0.514. The number of benzene rings is 2. The van der Waals surface area contributed by atoms with E-state index in [-0.39, 0.29) is 0 Å². The molecule has 0 spiro atoms. The summed E-state index contributed by atoms with van der Waals surface area (Å²) >= 11 is 0. The summed E-state index contributed by atoms with van der Waals surface area (Å²) in [7, 11) is -3.80. The molecule has 2 aromatic carbocycles. The van der Waals surface area contributed by atoms with Crippen molar-refractivity contribution >= 4 is 56.6 Å². The molecule has 0 radical (unpaired) electrons. The molecule has 0 atom stereocenters. The molecule has 154 valence electrons. The summed E-state index contributed by atoms with van der Waals surface area (Å²) in [6, 6.07) is 13.3. The van der Waals surface area contributed by atoms with Crippen molar-refractivity contribution in [1.82, 2.24) is 4.67 Å². The first-order chi connectivity index (χ1) is 12.9. The second-order valence-electron chi connectivity index (χ2n) is 9.43. The fourth-order valence-electron chi connectivity index (χ4n) is 3.72. The minimum atomic E-state index is -1.52. The van der Waals surface area contributed by atoms with Gasteiger partial charge in [-0.05, 0) is 23.5 Å². The average Bonchev–Trinajstić information content (AvgIpc) is 2.59. The van der Waals surface area contributed by atoms with Gasteiger partial charge in [0, 0.05) is 30.1 Å². The van der Waals surface area contributed by atoms with Crippen LogP contribution in [-0.2, 0) is 0 Å². The van der Waals surface area contributed by atoms with Gasteiger partial charge in [-0.1, -0.05) is 89.5 Å². The molecule has 0 fully saturated rings. The van der Waals surface area contributed by atoms with Crippen LogP contribution in [0.25, 0.3) is 0 Å². The van der Waals surface area contributed by atoms with Gasteiger partial charge in [-0.3, -0.25) is 4.67 Å². The van der Waals surface area contributed by atoms with Crippen LogP contribution in [0.3, 0.4) is 0 Å². The molecule has 2 aromatic rings. The molecule has 0 aliphatic rings. The molecule has 0 saturated carbocycles. The maximum absolute atomic E-state index is 6.82. The first kappa shape index (κ1) is 23.1. The van der Waals surface area contributed by atoms with Gasteiger partial charge < -0.3 is 11.5 Å². The first-order valence-electron chi connectivity index (χ1n) is 10.3. The summed E-state index contributed by atoms with van der Waals surface area (Å²) in [6.07, 6.45) is 0. The van der Waals surface area contributed by atoms with Gasteiger partial charge in [-0.25, -0.2) is 0 Å². The number of nitrogens with two attached hydrogens (primary N) is 2. The fourth-order valence-corrected chi connectivity index (χ4v) is 9.60. The molecule has 3 nitrogen and oxygen atoms in total. The van der Waals surface area contributed by atoms with Gasteiger partial charge >= 0.3 is 0 Å². The van der Waals surface area contributed by atoms with Gasteiger partial charge in [0.25, 0.3) is 0 Å². The zero-order valence-electron chi connectivity index (χ0n) is 18.9. The number of nitrogens with zero attached hydrogens (tertiary/aromatic N) is 1. The normalized spacial score (nSPS) is 12.8. The summed E-state index contributed by atoms with van der Waals surface area (Å²) in [5, 5.41) is 5.23. The molecule has 0 amide bonds. The maximum Gasteiger partial charge on any atom is 0.0803 e. The summed E-state index contributed by atoms with van der Waals surface area (Å²) in [6.45, 7) is 20.6. The number of rotatable bonds is 7. The summed E-state index contributed by atoms with van der Waals surface area (Å²) in [5.41, 5.74) is 15.6. The molecule has 6 heteroatoms. The Labute approximate surface area is 175 Å². The number of nitrogen functional groups attached to an aromatic ring is 2. The van der Waals surface area contributed by atoms with Crippen molar-refractivity contribution in [3.63, 3.8) is 0 Å². The lowest BCUT2D eigenvalue weighted by Gasteiger charge is -2.34. The SMILES string of the molecule is CCN(CC)P(c1cccc([Si](C)(C)C)c1N)c1cccc([Si](C)(C)C)c1N. The highest BCUT2D eigenvalue weighted by Gasteiger charge is 2.30. The predicted molar refractivity (Wildman–Crippen MR) is 137 cm³/mol. The van der Waals surface area contributed by atoms with E-state index in [9.17, 15) is 0 Å². The Kier molecular flexibility index (Phi) is 7.19. The Bertz CT molecular complexity index is 758. The predicted octanol–water partition coefficient (Wildman–Crippen LogP) is 3.63. The van der Waals surface area contributed by atoms with Crippen LogP contribution in [0.4, 0.5) is 11.4 Å². The van der Waals surface area contributed by atoms with Crippen molar-refractivity contribution in [2.24, 2.45) is 0 Å². The minimum Gasteiger partial charge on any atom is -0.398 e. The zero-order valence-corrected chi connectivity index (χ0v) is 21.8. The van der Waals surface area contributed by atoms with E-state index in [0.29, 0.717) is 0 Å². The first-order valence-corrected chi connectivity index (χ1v) is 18.6. The molecule has 0 aromatic heterocycles. The Hall–Kier alpha value is -1.14. The average molecular weight is 432 g/mol. The maximum atomic E-state index is 6.82. The van der Waals surface area contributed by atoms with Crippen LogP contribution in [0.15, 0.2) is 36.4 Å². The lowest BCUT2D eigenvalue weighted by Crippen LogP contribution is -2.44. The summed E-state index contributed by atoms with van der Waals surface area (Å²) in [4.78, 5) is 0. The third-order valence-electron chi connectivity index (χ3n) is 5.25. The van der Waals surface area contributed by atoms with Gasteiger partial charge in [0.2, 0.25) is 0 Å². The smallest absolute Gasteiger partial charge is 0.0803 e. The van der Waals surface area contributed by atoms with Crippen LogP contribution in [-0.4, -0.2) is 33.9 Å². The van der Waals surface area contributed by atoms with Crippen LogP contribution in [0, 0.1) is 0 Å². The van der Waals surface area contributed by atoms with Crippen LogP contribution < -0.4 is 32.4 Å². The standard InChI is InChI=1S/C22H38N3PSi2/c1-9-25(10-2)26(17-13-11-15-19(21(17)23)27(3,4)5)18-14-12-16-20(22(18)24)28(6,7)8/h11-16H,9-10,23-24H2,1-8H3. The van der Waals surface area contributed by atoms with Gasteiger partial charge in [0.05, 0.1) is 16.1 Å². The molecule has 0 aliphatic heterocycles. The second kappa shape index (κ2) is 8.70. The molecule has 4 N–H and O–H groups in total. The van der Waals surface area contributed by atoms with E-state index in [1.165, 1.54) is 21.0 Å². The van der Waals surface area contributed by atoms with Crippen LogP contribution in [0.1, 0.15) is 13.8 Å². The van der Waals surface area contributed by atoms with Crippen molar-refractivity contribution in [2.75, 3.05) is 24.6 Å². The van der Waals surface area contributed by atoms with Crippen LogP contribution in [0.2, 0.25) is 39.3 Å². The van der Waals surface area contributed by atoms with E-state index in [1.54, 1.807) is 0 Å². The summed E-state index contributed by atoms with van der Waals surface area (Å²) < 4.78 is 2.54. The molecule has 0 bridgehead atoms. The fraction of sp³-hybridized carbons (Fsp3) is 0.455. The highest BCUT2D eigenvalue weighted by molar-refractivity contribution is 7.71. The van der Waals surface area contributed by atoms with E-state index in [2.05, 4.69) is 94.2 Å². The van der Waals surface area contributed by atoms with Crippen molar-refractivity contribution in [3.8, 4) is 0 Å². The van der Waals surface area contributed by atoms with Crippen molar-refractivity contribution in [1.29, 1.82) is 0 Å². The molecule has 0 saturated heterocycles. The van der Waals surface area contributed by atoms with E-state index < -0.39 is 24.2 Å². The molecule has 0 heterocycles. The van der Waals surface area contributed by atoms with Gasteiger partial charge in [0.1, 0.15) is 0 Å². The Balaban J connectivity index is 2.78. The van der Waals surface area contributed by atoms with Crippen molar-refractivity contribution in [2.45, 2.75) is 53.1 Å². The zero-order chi connectivity index (χ0) is 21.3. The number of hydrogen-bond acceptors (Lipinski definition) is 3. The quantitative estimate of drug-likeness (QED) is 0.400. The topological polar surface area (TPSA) is 55.3 Å². The Morgan fingerprint density at radius 2 is 1.07 bits per heavy atom. The third kappa shape index (κ3) is 4.70. The van der Waals surface area contributed by atoms with E-state index >= 15 is 0 Å². The van der Waals surface area contributed by atoms with E-state index in [0.717, 1.165) is 24.5 Å². The Morgan fingerprint density at radius 1 is 0.714 bits per heavy atom. The molecule has 2 rings (SSSR count). The van der Waals surface area contributed by atoms with E-state index in [4.69, 9.17) is 11.5 Å². The molecular weight excluding hydrogens is 393 g/mol. The molecule has 0 unspecified atom stereocenters. The third-order valence-corrected chi connectivity index (χ3v) is 12.2. The number of para-hydroxylation sites is 2. The minimum absolute atomic E-state index is 0.755. The summed E-state index contributed by atoms with van der Waals surface area (Å²) in [5.74, 6) is 0. The molecule has 0 aliphatic carbocycles. The lowest BCUT2D eigenvalue weighted by atomic mass is 10.3. The van der Waals surface area contributed by atoms with Gasteiger partial charge in [-0.2, -0.15) is 0 Å². The highest BCUT2D eigenvalue weighted by atomic mass is 31.1. The van der Waals surface area contributed by atoms with Crippen molar-refractivity contribution in [3.05, 3.63) is 36.4 Å². The monoisotopic (exact) mass is 431 g/mol. The molecule has 28 heavy (non-hydrogen) atoms. The largest absolute Gasteiger partial charge is 0.398 e. The van der Waals surface area contributed by atoms with Crippen LogP contribution in [0.5, 0.6) is 0 Å². The van der Waals surface area contributed by atoms with E-state index in [1.807, 2.05) is 0 Å².